The fourth-order valence-electron chi connectivity index (χ4n) is 4.16. The number of hydrazone groups is 1. The summed E-state index contributed by atoms with van der Waals surface area (Å²) in [5, 5.41) is 27.5. The van der Waals surface area contributed by atoms with Gasteiger partial charge < -0.3 is 4.74 Å². The average molecular weight is 422 g/mol. The second-order valence-corrected chi connectivity index (χ2v) is 8.51. The average Bonchev–Trinajstić information content (AvgIpc) is 3.11. The Labute approximate surface area is 178 Å². The van der Waals surface area contributed by atoms with Crippen LogP contribution >= 0.6 is 0 Å². The first-order chi connectivity index (χ1) is 14.7. The summed E-state index contributed by atoms with van der Waals surface area (Å²) in [6.07, 6.45) is -0.133. The number of nitro benzene ring substituents is 1. The summed E-state index contributed by atoms with van der Waals surface area (Å²) in [4.78, 5) is 21.9. The molecular formula is C22H22N4O5. The van der Waals surface area contributed by atoms with E-state index >= 15 is 0 Å². The van der Waals surface area contributed by atoms with Gasteiger partial charge >= 0.3 is 6.23 Å². The molecule has 2 aliphatic rings. The van der Waals surface area contributed by atoms with Crippen molar-refractivity contribution in [1.82, 2.24) is 0 Å². The molecule has 31 heavy (non-hydrogen) atoms. The zero-order chi connectivity index (χ0) is 22.2. The number of hydrogen-bond acceptors (Lipinski definition) is 7. The van der Waals surface area contributed by atoms with Gasteiger partial charge in [-0.05, 0) is 29.5 Å². The van der Waals surface area contributed by atoms with Crippen LogP contribution in [0.4, 0.5) is 11.4 Å². The molecule has 0 amide bonds. The molecule has 2 aromatic rings. The molecule has 2 atom stereocenters. The minimum absolute atomic E-state index is 0.0704. The van der Waals surface area contributed by atoms with Crippen LogP contribution in [-0.2, 0) is 4.74 Å². The first kappa shape index (κ1) is 20.5. The molecule has 0 fully saturated rings. The highest BCUT2D eigenvalue weighted by atomic mass is 16.7. The fourth-order valence-corrected chi connectivity index (χ4v) is 4.16. The summed E-state index contributed by atoms with van der Waals surface area (Å²) < 4.78 is 5.83. The van der Waals surface area contributed by atoms with Gasteiger partial charge in [-0.15, -0.1) is 0 Å². The van der Waals surface area contributed by atoms with Gasteiger partial charge in [0.25, 0.3) is 5.69 Å². The van der Waals surface area contributed by atoms with E-state index in [2.05, 4.69) is 24.4 Å². The Morgan fingerprint density at radius 3 is 2.32 bits per heavy atom. The molecule has 160 valence electrons. The lowest BCUT2D eigenvalue weighted by Gasteiger charge is -2.31. The molecule has 1 aliphatic carbocycles. The van der Waals surface area contributed by atoms with Gasteiger partial charge in [0.05, 0.1) is 21.2 Å². The molecule has 0 saturated heterocycles. The molecule has 2 aromatic carbocycles. The molecule has 0 saturated carbocycles. The number of ether oxygens (including phenoxy) is 1. The van der Waals surface area contributed by atoms with Crippen molar-refractivity contribution in [3.63, 3.8) is 0 Å². The quantitative estimate of drug-likeness (QED) is 0.543. The van der Waals surface area contributed by atoms with E-state index in [-0.39, 0.29) is 11.1 Å². The van der Waals surface area contributed by atoms with Crippen LogP contribution in [0.2, 0.25) is 0 Å². The number of allylic oxidation sites excluding steroid dienone is 1. The van der Waals surface area contributed by atoms with E-state index in [1.54, 1.807) is 12.1 Å². The molecule has 0 bridgehead atoms. The number of nitrogens with zero attached hydrogens (tertiary/aromatic N) is 3. The van der Waals surface area contributed by atoms with Gasteiger partial charge in [0.15, 0.2) is 0 Å². The van der Waals surface area contributed by atoms with E-state index in [1.165, 1.54) is 12.1 Å². The standard InChI is InChI=1S/C22H22N4O5/c1-22(2)12-17(24-23-15-6-4-3-5-7-15)20-18(13-22)31-21(26(29)30)19(20)14-8-10-16(11-9-14)25(27)28/h3-11,19,21,23H,12-13H2,1-2H3. The molecule has 0 spiro atoms. The van der Waals surface area contributed by atoms with Crippen molar-refractivity contribution >= 4 is 17.1 Å². The maximum Gasteiger partial charge on any atom is 0.364 e. The number of benzene rings is 2. The van der Waals surface area contributed by atoms with Gasteiger partial charge in [-0.25, -0.2) is 0 Å². The Kier molecular flexibility index (Phi) is 5.18. The van der Waals surface area contributed by atoms with Gasteiger partial charge in [-0.3, -0.25) is 25.7 Å². The maximum absolute atomic E-state index is 11.8. The van der Waals surface area contributed by atoms with Crippen molar-refractivity contribution < 1.29 is 14.6 Å². The number of non-ortho nitro benzene ring substituents is 1. The van der Waals surface area contributed by atoms with Crippen molar-refractivity contribution in [3.05, 3.63) is 91.7 Å². The van der Waals surface area contributed by atoms with E-state index in [1.807, 2.05) is 30.3 Å². The molecule has 1 N–H and O–H groups in total. The monoisotopic (exact) mass is 422 g/mol. The normalized spacial score (nSPS) is 23.2. The molecule has 9 heteroatoms. The lowest BCUT2D eigenvalue weighted by Crippen LogP contribution is -2.29. The summed E-state index contributed by atoms with van der Waals surface area (Å²) in [6.45, 7) is 4.14. The number of nitro groups is 2. The van der Waals surface area contributed by atoms with Crippen molar-refractivity contribution in [1.29, 1.82) is 0 Å². The van der Waals surface area contributed by atoms with Crippen molar-refractivity contribution in [3.8, 4) is 0 Å². The zero-order valence-corrected chi connectivity index (χ0v) is 17.1. The predicted molar refractivity (Wildman–Crippen MR) is 115 cm³/mol. The van der Waals surface area contributed by atoms with E-state index in [4.69, 9.17) is 4.74 Å². The van der Waals surface area contributed by atoms with Crippen LogP contribution in [0.25, 0.3) is 0 Å². The number of para-hydroxylation sites is 1. The van der Waals surface area contributed by atoms with Gasteiger partial charge in [0, 0.05) is 24.1 Å². The summed E-state index contributed by atoms with van der Waals surface area (Å²) in [7, 11) is 0. The molecule has 1 heterocycles. The number of anilines is 1. The molecule has 4 rings (SSSR count). The Balaban J connectivity index is 1.77. The summed E-state index contributed by atoms with van der Waals surface area (Å²) in [5.41, 5.74) is 5.57. The summed E-state index contributed by atoms with van der Waals surface area (Å²) in [5.74, 6) is -0.131. The Hall–Kier alpha value is -3.75. The van der Waals surface area contributed by atoms with Crippen LogP contribution in [0.1, 0.15) is 38.2 Å². The first-order valence-electron chi connectivity index (χ1n) is 9.91. The van der Waals surface area contributed by atoms with E-state index in [9.17, 15) is 20.2 Å². The van der Waals surface area contributed by atoms with E-state index in [0.29, 0.717) is 35.4 Å². The highest BCUT2D eigenvalue weighted by Crippen LogP contribution is 2.49. The SMILES string of the molecule is CC1(C)CC(=NNc2ccccc2)C2=C(C1)OC([N+](=O)[O-])C2c1ccc([N+](=O)[O-])cc1. The molecular weight excluding hydrogens is 400 g/mol. The molecule has 0 aromatic heterocycles. The van der Waals surface area contributed by atoms with Gasteiger partial charge in [-0.2, -0.15) is 5.10 Å². The van der Waals surface area contributed by atoms with Gasteiger partial charge in [0.1, 0.15) is 11.7 Å². The third-order valence-electron chi connectivity index (χ3n) is 5.52. The van der Waals surface area contributed by atoms with Crippen LogP contribution < -0.4 is 5.43 Å². The molecule has 9 nitrogen and oxygen atoms in total. The minimum Gasteiger partial charge on any atom is -0.433 e. The third-order valence-corrected chi connectivity index (χ3v) is 5.52. The summed E-state index contributed by atoms with van der Waals surface area (Å²) >= 11 is 0. The maximum atomic E-state index is 11.8. The summed E-state index contributed by atoms with van der Waals surface area (Å²) in [6, 6.07) is 15.3. The third kappa shape index (κ3) is 4.11. The lowest BCUT2D eigenvalue weighted by molar-refractivity contribution is -0.570. The first-order valence-corrected chi connectivity index (χ1v) is 9.91. The highest BCUT2D eigenvalue weighted by Gasteiger charge is 2.51. The number of nitrogens with one attached hydrogen (secondary N) is 1. The van der Waals surface area contributed by atoms with Crippen LogP contribution in [0, 0.1) is 25.6 Å². The molecule has 2 unspecified atom stereocenters. The highest BCUT2D eigenvalue weighted by molar-refractivity contribution is 6.04. The van der Waals surface area contributed by atoms with Crippen LogP contribution in [0.3, 0.4) is 0 Å². The topological polar surface area (TPSA) is 120 Å². The Morgan fingerprint density at radius 2 is 1.71 bits per heavy atom. The van der Waals surface area contributed by atoms with Crippen molar-refractivity contribution in [2.24, 2.45) is 10.5 Å². The molecule has 0 radical (unpaired) electrons. The zero-order valence-electron chi connectivity index (χ0n) is 17.1. The second kappa shape index (κ2) is 7.82. The smallest absolute Gasteiger partial charge is 0.364 e. The van der Waals surface area contributed by atoms with E-state index in [0.717, 1.165) is 5.69 Å². The largest absolute Gasteiger partial charge is 0.433 e. The minimum atomic E-state index is -1.30. The Bertz CT molecular complexity index is 1080. The molecule has 1 aliphatic heterocycles. The predicted octanol–water partition coefficient (Wildman–Crippen LogP) is 4.85. The number of rotatable bonds is 5. The van der Waals surface area contributed by atoms with Crippen LogP contribution in [0.5, 0.6) is 0 Å². The van der Waals surface area contributed by atoms with Crippen molar-refractivity contribution in [2.75, 3.05) is 5.43 Å². The van der Waals surface area contributed by atoms with Crippen LogP contribution in [0.15, 0.2) is 71.0 Å². The van der Waals surface area contributed by atoms with Gasteiger partial charge in [0.2, 0.25) is 0 Å². The second-order valence-electron chi connectivity index (χ2n) is 8.51. The number of hydrogen-bond donors (Lipinski definition) is 1. The van der Waals surface area contributed by atoms with Crippen LogP contribution in [-0.4, -0.2) is 21.8 Å². The lowest BCUT2D eigenvalue weighted by atomic mass is 9.73. The van der Waals surface area contributed by atoms with Crippen molar-refractivity contribution in [2.45, 2.75) is 38.8 Å². The van der Waals surface area contributed by atoms with Gasteiger partial charge in [-0.1, -0.05) is 44.2 Å². The Morgan fingerprint density at radius 1 is 1.03 bits per heavy atom. The van der Waals surface area contributed by atoms with E-state index < -0.39 is 22.0 Å². The fraction of sp³-hybridized carbons (Fsp3) is 0.318.